The molecule has 1 aliphatic carbocycles. The molecule has 1 aromatic heterocycles. The van der Waals surface area contributed by atoms with Gasteiger partial charge in [0.05, 0.1) is 17.7 Å². The number of aromatic nitrogens is 2. The van der Waals surface area contributed by atoms with Crippen molar-refractivity contribution in [2.24, 2.45) is 22.7 Å². The molecule has 0 spiro atoms. The number of aryl methyl sites for hydroxylation is 1. The van der Waals surface area contributed by atoms with E-state index in [1.165, 1.54) is 4.90 Å². The summed E-state index contributed by atoms with van der Waals surface area (Å²) in [5, 5.41) is 7.44. The molecule has 0 aromatic carbocycles. The van der Waals surface area contributed by atoms with Crippen molar-refractivity contribution in [3.63, 3.8) is 0 Å². The number of fused-ring (bicyclic) bond motifs is 2. The zero-order valence-electron chi connectivity index (χ0n) is 19.6. The van der Waals surface area contributed by atoms with Crippen molar-refractivity contribution < 1.29 is 14.4 Å². The van der Waals surface area contributed by atoms with Gasteiger partial charge in [-0.2, -0.15) is 5.10 Å². The zero-order valence-corrected chi connectivity index (χ0v) is 19.6. The monoisotopic (exact) mass is 416 g/mol. The lowest BCUT2D eigenvalue weighted by Crippen LogP contribution is -2.65. The molecule has 30 heavy (non-hydrogen) atoms. The molecule has 3 amide bonds. The van der Waals surface area contributed by atoms with E-state index >= 15 is 0 Å². The highest BCUT2D eigenvalue weighted by Gasteiger charge is 2.65. The zero-order chi connectivity index (χ0) is 22.6. The Kier molecular flexibility index (Phi) is 5.63. The van der Waals surface area contributed by atoms with E-state index in [9.17, 15) is 14.4 Å². The number of hydrogen-bond acceptors (Lipinski definition) is 4. The minimum absolute atomic E-state index is 0.168. The molecule has 7 heteroatoms. The Morgan fingerprint density at radius 1 is 1.20 bits per heavy atom. The first-order chi connectivity index (χ1) is 13.8. The number of likely N-dealkylation sites (tertiary alicyclic amines) is 1. The molecular formula is C23H36N4O3. The first-order valence-electron chi connectivity index (χ1n) is 11.0. The summed E-state index contributed by atoms with van der Waals surface area (Å²) in [5.41, 5.74) is 2.21. The maximum Gasteiger partial charge on any atom is 0.243 e. The molecule has 2 bridgehead atoms. The van der Waals surface area contributed by atoms with Gasteiger partial charge in [-0.1, -0.05) is 34.6 Å². The van der Waals surface area contributed by atoms with E-state index in [2.05, 4.69) is 10.4 Å². The van der Waals surface area contributed by atoms with E-state index in [0.717, 1.165) is 17.0 Å². The van der Waals surface area contributed by atoms with Crippen LogP contribution in [0, 0.1) is 43.4 Å². The van der Waals surface area contributed by atoms with Crippen molar-refractivity contribution in [2.75, 3.05) is 6.54 Å². The Morgan fingerprint density at radius 3 is 2.37 bits per heavy atom. The number of carbonyl (C=O) groups excluding carboxylic acids is 3. The fourth-order valence-corrected chi connectivity index (χ4v) is 5.22. The third-order valence-electron chi connectivity index (χ3n) is 8.00. The van der Waals surface area contributed by atoms with Crippen molar-refractivity contribution in [1.29, 1.82) is 0 Å². The van der Waals surface area contributed by atoms with E-state index in [4.69, 9.17) is 0 Å². The van der Waals surface area contributed by atoms with Crippen LogP contribution in [0.15, 0.2) is 0 Å². The average molecular weight is 417 g/mol. The molecule has 0 radical (unpaired) electrons. The number of amides is 3. The number of hydrogen-bond donors (Lipinski definition) is 1. The highest BCUT2D eigenvalue weighted by atomic mass is 16.2. The number of piperidine rings is 1. The SMILES string of the molecule is Cc1nn(CCNC(=O)[C@@H](C(C)C)N2C(=O)[C@H]3CC[C@@](C)(C2=O)C3(C)C)c(C)c1C. The fraction of sp³-hybridized carbons (Fsp3) is 0.739. The summed E-state index contributed by atoms with van der Waals surface area (Å²) in [6.07, 6.45) is 1.39. The Morgan fingerprint density at radius 2 is 1.83 bits per heavy atom. The summed E-state index contributed by atoms with van der Waals surface area (Å²) in [6, 6.07) is -0.789. The lowest BCUT2D eigenvalue weighted by molar-refractivity contribution is -0.174. The molecule has 2 aliphatic rings. The van der Waals surface area contributed by atoms with Crippen molar-refractivity contribution in [1.82, 2.24) is 20.0 Å². The molecule has 2 heterocycles. The number of imide groups is 1. The predicted molar refractivity (Wildman–Crippen MR) is 115 cm³/mol. The van der Waals surface area contributed by atoms with Gasteiger partial charge in [0.1, 0.15) is 6.04 Å². The van der Waals surface area contributed by atoms with Gasteiger partial charge in [0.2, 0.25) is 17.7 Å². The molecule has 166 valence electrons. The second kappa shape index (κ2) is 7.50. The van der Waals surface area contributed by atoms with Gasteiger partial charge in [-0.3, -0.25) is 24.0 Å². The van der Waals surface area contributed by atoms with Crippen LogP contribution in [0.5, 0.6) is 0 Å². The summed E-state index contributed by atoms with van der Waals surface area (Å²) in [7, 11) is 0. The minimum atomic E-state index is -0.789. The van der Waals surface area contributed by atoms with Gasteiger partial charge >= 0.3 is 0 Å². The molecule has 0 unspecified atom stereocenters. The standard InChI is InChI=1S/C23H36N4O3/c1-13(2)18(19(28)24-11-12-26-16(5)14(3)15(4)25-26)27-20(29)17-9-10-23(8,21(27)30)22(17,6)7/h13,17-18H,9-12H2,1-8H3,(H,24,28)/t17-,18-,23+/m1/s1. The van der Waals surface area contributed by atoms with Gasteiger partial charge in [0.15, 0.2) is 0 Å². The topological polar surface area (TPSA) is 84.3 Å². The number of carbonyl (C=O) groups is 3. The maximum atomic E-state index is 13.5. The quantitative estimate of drug-likeness (QED) is 0.723. The Labute approximate surface area is 179 Å². The highest BCUT2D eigenvalue weighted by molar-refractivity contribution is 6.07. The van der Waals surface area contributed by atoms with E-state index in [0.29, 0.717) is 25.9 Å². The van der Waals surface area contributed by atoms with Gasteiger partial charge in [-0.15, -0.1) is 0 Å². The Balaban J connectivity index is 1.77. The van der Waals surface area contributed by atoms with Gasteiger partial charge in [-0.05, 0) is 50.5 Å². The number of nitrogens with one attached hydrogen (secondary N) is 1. The number of nitrogens with zero attached hydrogens (tertiary/aromatic N) is 3. The maximum absolute atomic E-state index is 13.5. The van der Waals surface area contributed by atoms with E-state index < -0.39 is 11.5 Å². The van der Waals surface area contributed by atoms with Crippen LogP contribution in [0.3, 0.4) is 0 Å². The largest absolute Gasteiger partial charge is 0.352 e. The molecule has 1 saturated carbocycles. The lowest BCUT2D eigenvalue weighted by Gasteiger charge is -2.49. The summed E-state index contributed by atoms with van der Waals surface area (Å²) in [4.78, 5) is 41.2. The minimum Gasteiger partial charge on any atom is -0.352 e. The molecule has 1 N–H and O–H groups in total. The molecule has 1 aromatic rings. The summed E-state index contributed by atoms with van der Waals surface area (Å²) in [6.45, 7) is 16.7. The molecule has 3 atom stereocenters. The first kappa shape index (κ1) is 22.5. The van der Waals surface area contributed by atoms with Gasteiger partial charge in [0.25, 0.3) is 0 Å². The van der Waals surface area contributed by atoms with Crippen molar-refractivity contribution >= 4 is 17.7 Å². The summed E-state index contributed by atoms with van der Waals surface area (Å²) in [5.74, 6) is -1.05. The normalized spacial score (nSPS) is 26.4. The lowest BCUT2D eigenvalue weighted by atomic mass is 9.62. The molecule has 7 nitrogen and oxygen atoms in total. The van der Waals surface area contributed by atoms with Crippen LogP contribution in [-0.2, 0) is 20.9 Å². The van der Waals surface area contributed by atoms with Crippen LogP contribution < -0.4 is 5.32 Å². The molecule has 1 saturated heterocycles. The van der Waals surface area contributed by atoms with Crippen molar-refractivity contribution in [3.05, 3.63) is 17.0 Å². The van der Waals surface area contributed by atoms with Crippen LogP contribution in [0.4, 0.5) is 0 Å². The Bertz CT molecular complexity index is 885. The van der Waals surface area contributed by atoms with Crippen LogP contribution in [-0.4, -0.2) is 45.0 Å². The molecule has 1 aliphatic heterocycles. The molecule has 2 fully saturated rings. The second-order valence-corrected chi connectivity index (χ2v) is 10.2. The van der Waals surface area contributed by atoms with E-state index in [1.54, 1.807) is 0 Å². The van der Waals surface area contributed by atoms with Crippen molar-refractivity contribution in [3.8, 4) is 0 Å². The van der Waals surface area contributed by atoms with Crippen LogP contribution in [0.1, 0.15) is 64.4 Å². The Hall–Kier alpha value is -2.18. The van der Waals surface area contributed by atoms with E-state index in [1.807, 2.05) is 60.1 Å². The second-order valence-electron chi connectivity index (χ2n) is 10.2. The average Bonchev–Trinajstić information content (AvgIpc) is 3.01. The smallest absolute Gasteiger partial charge is 0.243 e. The third kappa shape index (κ3) is 3.17. The number of rotatable bonds is 6. The van der Waals surface area contributed by atoms with Crippen molar-refractivity contribution in [2.45, 2.75) is 80.8 Å². The van der Waals surface area contributed by atoms with Crippen LogP contribution in [0.25, 0.3) is 0 Å². The van der Waals surface area contributed by atoms with E-state index in [-0.39, 0.29) is 35.0 Å². The summed E-state index contributed by atoms with van der Waals surface area (Å²) >= 11 is 0. The summed E-state index contributed by atoms with van der Waals surface area (Å²) < 4.78 is 1.89. The van der Waals surface area contributed by atoms with Gasteiger partial charge in [0, 0.05) is 18.2 Å². The molecule has 3 rings (SSSR count). The molecular weight excluding hydrogens is 380 g/mol. The highest BCUT2D eigenvalue weighted by Crippen LogP contribution is 2.60. The van der Waals surface area contributed by atoms with Gasteiger partial charge < -0.3 is 5.32 Å². The third-order valence-corrected chi connectivity index (χ3v) is 8.00. The first-order valence-corrected chi connectivity index (χ1v) is 11.0. The fourth-order valence-electron chi connectivity index (χ4n) is 5.22. The van der Waals surface area contributed by atoms with Gasteiger partial charge in [-0.25, -0.2) is 0 Å². The van der Waals surface area contributed by atoms with Crippen LogP contribution in [0.2, 0.25) is 0 Å². The predicted octanol–water partition coefficient (Wildman–Crippen LogP) is 2.76. The van der Waals surface area contributed by atoms with Crippen LogP contribution >= 0.6 is 0 Å².